The third kappa shape index (κ3) is 3.71. The van der Waals surface area contributed by atoms with Crippen LogP contribution in [0.5, 0.6) is 0 Å². The van der Waals surface area contributed by atoms with E-state index in [1.54, 1.807) is 12.1 Å². The number of nitrogens with one attached hydrogen (secondary N) is 2. The second-order valence-electron chi connectivity index (χ2n) is 4.73. The topological polar surface area (TPSA) is 61.4 Å². The molecule has 3 N–H and O–H groups in total. The molecule has 4 nitrogen and oxygen atoms in total. The van der Waals surface area contributed by atoms with Crippen molar-refractivity contribution in [3.8, 4) is 0 Å². The third-order valence-corrected chi connectivity index (χ3v) is 3.13. The standard InChI is InChI=1S/C13H15F3N2O2/c14-13(15,16)7-17-6-11(20)18-12-9-4-2-1-3-8(9)5-10(12)19/h1-4,10,12,17,19H,5-7H2,(H,18,20)/t10-,12+/m0/s1. The van der Waals surface area contributed by atoms with Crippen LogP contribution in [0.15, 0.2) is 24.3 Å². The quantitative estimate of drug-likeness (QED) is 0.772. The number of hydrogen-bond donors (Lipinski definition) is 3. The Morgan fingerprint density at radius 3 is 2.75 bits per heavy atom. The van der Waals surface area contributed by atoms with Crippen molar-refractivity contribution in [3.05, 3.63) is 35.4 Å². The molecule has 0 bridgehead atoms. The average Bonchev–Trinajstić information content (AvgIpc) is 2.64. The predicted octanol–water partition coefficient (Wildman–Crippen LogP) is 0.913. The van der Waals surface area contributed by atoms with E-state index < -0.39 is 37.3 Å². The summed E-state index contributed by atoms with van der Waals surface area (Å²) in [6.07, 6.45) is -4.67. The molecule has 0 unspecified atom stereocenters. The van der Waals surface area contributed by atoms with Gasteiger partial charge in [0.05, 0.1) is 25.2 Å². The minimum absolute atomic E-state index is 0.428. The van der Waals surface area contributed by atoms with Gasteiger partial charge in [-0.25, -0.2) is 0 Å². The van der Waals surface area contributed by atoms with Crippen molar-refractivity contribution < 1.29 is 23.1 Å². The molecule has 0 saturated carbocycles. The minimum atomic E-state index is -4.35. The van der Waals surface area contributed by atoms with Gasteiger partial charge >= 0.3 is 6.18 Å². The van der Waals surface area contributed by atoms with Crippen LogP contribution in [0.1, 0.15) is 17.2 Å². The zero-order valence-corrected chi connectivity index (χ0v) is 10.6. The molecule has 0 fully saturated rings. The first-order valence-corrected chi connectivity index (χ1v) is 6.19. The van der Waals surface area contributed by atoms with E-state index in [9.17, 15) is 23.1 Å². The van der Waals surface area contributed by atoms with Gasteiger partial charge in [-0.1, -0.05) is 24.3 Å². The molecule has 1 aliphatic carbocycles. The van der Waals surface area contributed by atoms with Crippen molar-refractivity contribution in [3.63, 3.8) is 0 Å². The Kier molecular flexibility index (Phi) is 4.29. The summed E-state index contributed by atoms with van der Waals surface area (Å²) in [6, 6.07) is 6.71. The maximum Gasteiger partial charge on any atom is 0.401 e. The minimum Gasteiger partial charge on any atom is -0.390 e. The van der Waals surface area contributed by atoms with Crippen LogP contribution in [0, 0.1) is 0 Å². The second kappa shape index (κ2) is 5.80. The van der Waals surface area contributed by atoms with Crippen LogP contribution in [-0.4, -0.2) is 36.4 Å². The van der Waals surface area contributed by atoms with Gasteiger partial charge < -0.3 is 15.7 Å². The number of amides is 1. The molecule has 0 radical (unpaired) electrons. The molecule has 110 valence electrons. The van der Waals surface area contributed by atoms with Gasteiger partial charge in [0.15, 0.2) is 0 Å². The van der Waals surface area contributed by atoms with E-state index in [1.807, 2.05) is 17.4 Å². The van der Waals surface area contributed by atoms with E-state index in [4.69, 9.17) is 0 Å². The number of benzene rings is 1. The summed E-state index contributed by atoms with van der Waals surface area (Å²) in [7, 11) is 0. The average molecular weight is 288 g/mol. The smallest absolute Gasteiger partial charge is 0.390 e. The molecule has 0 aliphatic heterocycles. The highest BCUT2D eigenvalue weighted by Gasteiger charge is 2.32. The Bertz CT molecular complexity index is 491. The van der Waals surface area contributed by atoms with Crippen LogP contribution in [-0.2, 0) is 11.2 Å². The first kappa shape index (κ1) is 14.8. The fourth-order valence-corrected chi connectivity index (χ4v) is 2.29. The number of alkyl halides is 3. The van der Waals surface area contributed by atoms with Crippen molar-refractivity contribution in [2.24, 2.45) is 0 Å². The molecular formula is C13H15F3N2O2. The number of aliphatic hydroxyl groups excluding tert-OH is 1. The van der Waals surface area contributed by atoms with E-state index in [2.05, 4.69) is 5.32 Å². The van der Waals surface area contributed by atoms with Crippen LogP contribution in [0.2, 0.25) is 0 Å². The monoisotopic (exact) mass is 288 g/mol. The fraction of sp³-hybridized carbons (Fsp3) is 0.462. The zero-order valence-electron chi connectivity index (χ0n) is 10.6. The molecule has 2 rings (SSSR count). The summed E-state index contributed by atoms with van der Waals surface area (Å²) in [4.78, 5) is 11.6. The molecule has 1 amide bonds. The molecule has 0 saturated heterocycles. The van der Waals surface area contributed by atoms with Gasteiger partial charge in [-0.3, -0.25) is 4.79 Å². The summed E-state index contributed by atoms with van der Waals surface area (Å²) in [5.74, 6) is -0.574. The van der Waals surface area contributed by atoms with Crippen molar-refractivity contribution in [1.82, 2.24) is 10.6 Å². The van der Waals surface area contributed by atoms with Crippen LogP contribution in [0.25, 0.3) is 0 Å². The summed E-state index contributed by atoms with van der Waals surface area (Å²) >= 11 is 0. The fourth-order valence-electron chi connectivity index (χ4n) is 2.29. The Labute approximate surface area is 114 Å². The van der Waals surface area contributed by atoms with Gasteiger partial charge in [0.2, 0.25) is 5.91 Å². The lowest BCUT2D eigenvalue weighted by Gasteiger charge is -2.18. The molecule has 1 aliphatic rings. The number of carbonyl (C=O) groups is 1. The van der Waals surface area contributed by atoms with E-state index >= 15 is 0 Å². The van der Waals surface area contributed by atoms with Crippen LogP contribution < -0.4 is 10.6 Å². The third-order valence-electron chi connectivity index (χ3n) is 3.13. The Morgan fingerprint density at radius 2 is 2.05 bits per heavy atom. The van der Waals surface area contributed by atoms with E-state index in [0.717, 1.165) is 11.1 Å². The maximum absolute atomic E-state index is 11.9. The number of halogens is 3. The predicted molar refractivity (Wildman–Crippen MR) is 66.0 cm³/mol. The van der Waals surface area contributed by atoms with Gasteiger partial charge in [-0.15, -0.1) is 0 Å². The summed E-state index contributed by atoms with van der Waals surface area (Å²) in [5.41, 5.74) is 1.75. The molecule has 20 heavy (non-hydrogen) atoms. The summed E-state index contributed by atoms with van der Waals surface area (Å²) in [5, 5.41) is 14.5. The molecule has 1 aromatic rings. The zero-order chi connectivity index (χ0) is 14.8. The normalized spacial score (nSPS) is 21.6. The van der Waals surface area contributed by atoms with Gasteiger partial charge in [0.1, 0.15) is 0 Å². The van der Waals surface area contributed by atoms with Crippen molar-refractivity contribution in [1.29, 1.82) is 0 Å². The Hall–Kier alpha value is -1.60. The highest BCUT2D eigenvalue weighted by atomic mass is 19.4. The van der Waals surface area contributed by atoms with Gasteiger partial charge in [-0.05, 0) is 11.1 Å². The summed E-state index contributed by atoms with van der Waals surface area (Å²) < 4.78 is 35.8. The number of hydrogen-bond acceptors (Lipinski definition) is 3. The van der Waals surface area contributed by atoms with Crippen LogP contribution in [0.4, 0.5) is 13.2 Å². The first-order valence-electron chi connectivity index (χ1n) is 6.19. The van der Waals surface area contributed by atoms with Crippen molar-refractivity contribution >= 4 is 5.91 Å². The highest BCUT2D eigenvalue weighted by molar-refractivity contribution is 5.78. The molecule has 0 heterocycles. The van der Waals surface area contributed by atoms with Crippen molar-refractivity contribution in [2.45, 2.75) is 24.7 Å². The maximum atomic E-state index is 11.9. The van der Waals surface area contributed by atoms with E-state index in [1.165, 1.54) is 0 Å². The number of carbonyl (C=O) groups excluding carboxylic acids is 1. The lowest BCUT2D eigenvalue weighted by molar-refractivity contribution is -0.129. The van der Waals surface area contributed by atoms with Gasteiger partial charge in [0, 0.05) is 6.42 Å². The number of fused-ring (bicyclic) bond motifs is 1. The number of rotatable bonds is 4. The van der Waals surface area contributed by atoms with Crippen molar-refractivity contribution in [2.75, 3.05) is 13.1 Å². The van der Waals surface area contributed by atoms with E-state index in [-0.39, 0.29) is 0 Å². The molecule has 2 atom stereocenters. The largest absolute Gasteiger partial charge is 0.401 e. The molecule has 1 aromatic carbocycles. The SMILES string of the molecule is O=C(CNCC(F)(F)F)N[C@@H]1c2ccccc2C[C@@H]1O. The van der Waals surface area contributed by atoms with Crippen LogP contribution in [0.3, 0.4) is 0 Å². The molecular weight excluding hydrogens is 273 g/mol. The first-order chi connectivity index (χ1) is 9.37. The summed E-state index contributed by atoms with van der Waals surface area (Å²) in [6.45, 7) is -1.66. The lowest BCUT2D eigenvalue weighted by Crippen LogP contribution is -2.41. The number of aliphatic hydroxyl groups is 1. The lowest BCUT2D eigenvalue weighted by atomic mass is 10.1. The molecule has 7 heteroatoms. The molecule has 0 spiro atoms. The Morgan fingerprint density at radius 1 is 1.35 bits per heavy atom. The highest BCUT2D eigenvalue weighted by Crippen LogP contribution is 2.30. The van der Waals surface area contributed by atoms with E-state index in [0.29, 0.717) is 6.42 Å². The van der Waals surface area contributed by atoms with Gasteiger partial charge in [0.25, 0.3) is 0 Å². The van der Waals surface area contributed by atoms with Gasteiger partial charge in [-0.2, -0.15) is 13.2 Å². The Balaban J connectivity index is 1.89. The second-order valence-corrected chi connectivity index (χ2v) is 4.73. The molecule has 0 aromatic heterocycles. The van der Waals surface area contributed by atoms with Crippen LogP contribution >= 0.6 is 0 Å².